The highest BCUT2D eigenvalue weighted by Gasteiger charge is 2.38. The minimum atomic E-state index is -4.73. The molecule has 0 spiro atoms. The average molecular weight is 428 g/mol. The van der Waals surface area contributed by atoms with E-state index in [4.69, 9.17) is 29.0 Å². The van der Waals surface area contributed by atoms with Gasteiger partial charge < -0.3 is 11.2 Å². The Morgan fingerprint density at radius 3 is 2.50 bits per heavy atom. The van der Waals surface area contributed by atoms with Gasteiger partial charge in [0, 0.05) is 10.0 Å². The summed E-state index contributed by atoms with van der Waals surface area (Å²) in [5.41, 5.74) is 0.656. The highest BCUT2D eigenvalue weighted by Crippen LogP contribution is 2.30. The topological polar surface area (TPSA) is 85.8 Å². The Morgan fingerprint density at radius 2 is 1.96 bits per heavy atom. The summed E-state index contributed by atoms with van der Waals surface area (Å²) in [4.78, 5) is 12.3. The lowest BCUT2D eigenvalue weighted by Crippen LogP contribution is -2.33. The van der Waals surface area contributed by atoms with Crippen LogP contribution in [0.5, 0.6) is 0 Å². The lowest BCUT2D eigenvalue weighted by atomic mass is 10.1. The molecule has 1 aromatic carbocycles. The van der Waals surface area contributed by atoms with Gasteiger partial charge >= 0.3 is 6.18 Å². The number of hydrogen-bond donors (Lipinski definition) is 2. The summed E-state index contributed by atoms with van der Waals surface area (Å²) in [7, 11) is 0. The molecule has 142 valence electrons. The molecule has 0 saturated carbocycles. The second kappa shape index (κ2) is 7.93. The molecule has 6 nitrogen and oxygen atoms in total. The van der Waals surface area contributed by atoms with Crippen molar-refractivity contribution in [2.45, 2.75) is 36.5 Å². The van der Waals surface area contributed by atoms with E-state index in [-0.39, 0.29) is 5.16 Å². The summed E-state index contributed by atoms with van der Waals surface area (Å²) in [6.45, 7) is 3.23. The third-order valence-corrected chi connectivity index (χ3v) is 4.98. The van der Waals surface area contributed by atoms with Crippen LogP contribution in [0.1, 0.15) is 31.3 Å². The molecule has 12 heteroatoms. The van der Waals surface area contributed by atoms with Gasteiger partial charge in [-0.05, 0) is 31.5 Å². The van der Waals surface area contributed by atoms with E-state index in [0.29, 0.717) is 20.3 Å². The zero-order chi connectivity index (χ0) is 19.6. The number of nitrogens with zero attached hydrogens (tertiary/aromatic N) is 3. The second-order valence-corrected chi connectivity index (χ2v) is 7.48. The number of nitrogens with one attached hydrogen (secondary N) is 1. The number of amides is 1. The molecule has 2 unspecified atom stereocenters. The monoisotopic (exact) mass is 427 g/mol. The summed E-state index contributed by atoms with van der Waals surface area (Å²) in [6.07, 6.45) is -4.73. The van der Waals surface area contributed by atoms with Gasteiger partial charge in [-0.15, -0.1) is 10.2 Å². The Hall–Kier alpha value is -1.65. The first kappa shape index (κ1) is 20.7. The number of nitrogens with two attached hydrogens (primary N) is 1. The van der Waals surface area contributed by atoms with Crippen LogP contribution in [0.3, 0.4) is 0 Å². The minimum absolute atomic E-state index is 0.225. The molecule has 0 fully saturated rings. The SMILES string of the molecule is CC(Sc1nnc(C(F)(F)F)n1N)C(=O)NC(C)c1ccc(Cl)cc1Cl. The number of aromatic nitrogens is 3. The van der Waals surface area contributed by atoms with E-state index in [1.165, 1.54) is 6.92 Å². The van der Waals surface area contributed by atoms with Gasteiger partial charge in [0.05, 0.1) is 11.3 Å². The van der Waals surface area contributed by atoms with Gasteiger partial charge in [-0.1, -0.05) is 41.0 Å². The first-order valence-corrected chi connectivity index (χ1v) is 8.84. The van der Waals surface area contributed by atoms with E-state index in [9.17, 15) is 18.0 Å². The molecule has 0 radical (unpaired) electrons. The fraction of sp³-hybridized carbons (Fsp3) is 0.357. The zero-order valence-corrected chi connectivity index (χ0v) is 15.8. The van der Waals surface area contributed by atoms with Crippen LogP contribution < -0.4 is 11.2 Å². The molecule has 0 aliphatic carbocycles. The van der Waals surface area contributed by atoms with Crippen molar-refractivity contribution in [2.24, 2.45) is 0 Å². The van der Waals surface area contributed by atoms with Crippen molar-refractivity contribution in [1.82, 2.24) is 20.2 Å². The molecule has 0 saturated heterocycles. The van der Waals surface area contributed by atoms with Crippen LogP contribution in [0.15, 0.2) is 23.4 Å². The van der Waals surface area contributed by atoms with Gasteiger partial charge in [0.25, 0.3) is 5.82 Å². The highest BCUT2D eigenvalue weighted by atomic mass is 35.5. The number of alkyl halides is 3. The second-order valence-electron chi connectivity index (χ2n) is 5.33. The molecule has 0 aliphatic heterocycles. The molecule has 0 aliphatic rings. The number of carbonyl (C=O) groups excluding carboxylic acids is 1. The Bertz CT molecular complexity index is 814. The standard InChI is InChI=1S/C14H14Cl2F3N5OS/c1-6(9-4-3-8(15)5-10(9)16)21-11(25)7(2)26-13-23-22-12(24(13)20)14(17,18)19/h3-7H,20H2,1-2H3,(H,21,25). The normalized spacial score (nSPS) is 14.1. The number of hydrogen-bond acceptors (Lipinski definition) is 5. The molecule has 1 amide bonds. The first-order valence-electron chi connectivity index (χ1n) is 7.20. The van der Waals surface area contributed by atoms with Gasteiger partial charge in [-0.25, -0.2) is 4.68 Å². The predicted molar refractivity (Wildman–Crippen MR) is 93.5 cm³/mol. The summed E-state index contributed by atoms with van der Waals surface area (Å²) in [5, 5.41) is 8.97. The Balaban J connectivity index is 2.05. The minimum Gasteiger partial charge on any atom is -0.349 e. The van der Waals surface area contributed by atoms with Crippen molar-refractivity contribution in [3.8, 4) is 0 Å². The molecule has 1 heterocycles. The van der Waals surface area contributed by atoms with E-state index in [0.717, 1.165) is 11.8 Å². The van der Waals surface area contributed by atoms with Gasteiger partial charge in [0.2, 0.25) is 11.1 Å². The molecule has 1 aromatic heterocycles. The van der Waals surface area contributed by atoms with E-state index in [2.05, 4.69) is 15.5 Å². The lowest BCUT2D eigenvalue weighted by molar-refractivity contribution is -0.146. The van der Waals surface area contributed by atoms with Crippen LogP contribution in [0.25, 0.3) is 0 Å². The number of halogens is 5. The molecule has 2 atom stereocenters. The van der Waals surface area contributed by atoms with Crippen molar-refractivity contribution in [2.75, 3.05) is 5.84 Å². The molecular formula is C14H14Cl2F3N5OS. The highest BCUT2D eigenvalue weighted by molar-refractivity contribution is 8.00. The van der Waals surface area contributed by atoms with Crippen LogP contribution in [0.2, 0.25) is 10.0 Å². The summed E-state index contributed by atoms with van der Waals surface area (Å²) >= 11 is 12.7. The van der Waals surface area contributed by atoms with Crippen LogP contribution in [-0.2, 0) is 11.0 Å². The lowest BCUT2D eigenvalue weighted by Gasteiger charge is -2.18. The predicted octanol–water partition coefficient (Wildman–Crippen LogP) is 3.68. The maximum Gasteiger partial charge on any atom is 0.453 e. The number of carbonyl (C=O) groups is 1. The van der Waals surface area contributed by atoms with Gasteiger partial charge in [0.1, 0.15) is 0 Å². The van der Waals surface area contributed by atoms with Gasteiger partial charge in [0.15, 0.2) is 0 Å². The van der Waals surface area contributed by atoms with Crippen LogP contribution >= 0.6 is 35.0 Å². The Kier molecular flexibility index (Phi) is 6.30. The van der Waals surface area contributed by atoms with Crippen LogP contribution in [-0.4, -0.2) is 26.0 Å². The van der Waals surface area contributed by atoms with Crippen molar-refractivity contribution < 1.29 is 18.0 Å². The Labute approximate surface area is 161 Å². The fourth-order valence-electron chi connectivity index (χ4n) is 2.02. The Morgan fingerprint density at radius 1 is 1.31 bits per heavy atom. The molecule has 26 heavy (non-hydrogen) atoms. The first-order chi connectivity index (χ1) is 12.0. The average Bonchev–Trinajstić information content (AvgIpc) is 2.87. The largest absolute Gasteiger partial charge is 0.453 e. The number of thioether (sulfide) groups is 1. The number of nitrogen functional groups attached to an aromatic ring is 1. The number of benzene rings is 1. The summed E-state index contributed by atoms with van der Waals surface area (Å²) in [6, 6.07) is 4.44. The van der Waals surface area contributed by atoms with Gasteiger partial charge in [-0.3, -0.25) is 4.79 Å². The summed E-state index contributed by atoms with van der Waals surface area (Å²) in [5.74, 6) is 3.59. The number of rotatable bonds is 5. The van der Waals surface area contributed by atoms with Crippen molar-refractivity contribution in [3.63, 3.8) is 0 Å². The van der Waals surface area contributed by atoms with E-state index < -0.39 is 29.2 Å². The van der Waals surface area contributed by atoms with E-state index in [1.807, 2.05) is 0 Å². The van der Waals surface area contributed by atoms with Crippen molar-refractivity contribution >= 4 is 40.9 Å². The smallest absolute Gasteiger partial charge is 0.349 e. The third kappa shape index (κ3) is 4.74. The van der Waals surface area contributed by atoms with Crippen LogP contribution in [0, 0.1) is 0 Å². The van der Waals surface area contributed by atoms with Gasteiger partial charge in [-0.2, -0.15) is 13.2 Å². The molecule has 2 rings (SSSR count). The fourth-order valence-corrected chi connectivity index (χ4v) is 3.37. The maximum atomic E-state index is 12.7. The molecule has 0 bridgehead atoms. The van der Waals surface area contributed by atoms with Crippen molar-refractivity contribution in [1.29, 1.82) is 0 Å². The quantitative estimate of drug-likeness (QED) is 0.561. The zero-order valence-electron chi connectivity index (χ0n) is 13.5. The van der Waals surface area contributed by atoms with Crippen molar-refractivity contribution in [3.05, 3.63) is 39.6 Å². The van der Waals surface area contributed by atoms with E-state index in [1.54, 1.807) is 25.1 Å². The molecule has 3 N–H and O–H groups in total. The molecule has 2 aromatic rings. The molecular weight excluding hydrogens is 414 g/mol. The van der Waals surface area contributed by atoms with Crippen LogP contribution in [0.4, 0.5) is 13.2 Å². The van der Waals surface area contributed by atoms with E-state index >= 15 is 0 Å². The maximum absolute atomic E-state index is 12.7. The summed E-state index contributed by atoms with van der Waals surface area (Å²) < 4.78 is 38.3. The third-order valence-electron chi connectivity index (χ3n) is 3.36.